The molecule has 37 heavy (non-hydrogen) atoms. The molecule has 190 valence electrons. The highest BCUT2D eigenvalue weighted by Crippen LogP contribution is 2.48. The first kappa shape index (κ1) is 26.9. The molecular formula is C31H36BN3O2. The van der Waals surface area contributed by atoms with Crippen molar-refractivity contribution in [1.82, 2.24) is 14.8 Å². The highest BCUT2D eigenvalue weighted by atomic mass is 16.5. The topological polar surface area (TPSA) is 48.8 Å². The van der Waals surface area contributed by atoms with Crippen LogP contribution in [0.3, 0.4) is 0 Å². The van der Waals surface area contributed by atoms with Crippen LogP contribution >= 0.6 is 0 Å². The quantitative estimate of drug-likeness (QED) is 0.338. The number of pyridine rings is 1. The predicted octanol–water partition coefficient (Wildman–Crippen LogP) is 4.07. The zero-order valence-corrected chi connectivity index (χ0v) is 22.5. The maximum atomic E-state index is 13.0. The van der Waals surface area contributed by atoms with Crippen LogP contribution < -0.4 is 10.2 Å². The van der Waals surface area contributed by atoms with Gasteiger partial charge in [-0.05, 0) is 68.1 Å². The van der Waals surface area contributed by atoms with Gasteiger partial charge in [0.25, 0.3) is 0 Å². The number of hydrogen-bond donors (Lipinski definition) is 1. The van der Waals surface area contributed by atoms with Crippen molar-refractivity contribution in [2.75, 3.05) is 41.8 Å². The molecule has 4 aromatic rings. The fourth-order valence-electron chi connectivity index (χ4n) is 5.22. The normalized spacial score (nSPS) is 14.2. The van der Waals surface area contributed by atoms with Crippen molar-refractivity contribution in [1.29, 1.82) is 0 Å². The van der Waals surface area contributed by atoms with Crippen LogP contribution in [-0.2, 0) is 12.1 Å². The van der Waals surface area contributed by atoms with Gasteiger partial charge in [-0.15, -0.1) is 0 Å². The summed E-state index contributed by atoms with van der Waals surface area (Å²) in [5.74, 6) is 0.0521. The Morgan fingerprint density at radius 3 is 2.32 bits per heavy atom. The largest absolute Gasteiger partial charge is 0.481 e. The minimum atomic E-state index is -1.31. The molecule has 4 rings (SSSR count). The highest BCUT2D eigenvalue weighted by Gasteiger charge is 2.43. The molecule has 1 aromatic heterocycles. The van der Waals surface area contributed by atoms with Crippen LogP contribution in [-0.4, -0.2) is 69.6 Å². The van der Waals surface area contributed by atoms with Gasteiger partial charge in [-0.25, -0.2) is 4.98 Å². The summed E-state index contributed by atoms with van der Waals surface area (Å²) in [5.41, 5.74) is 2.99. The van der Waals surface area contributed by atoms with Gasteiger partial charge in [0.05, 0.1) is 7.11 Å². The average Bonchev–Trinajstić information content (AvgIpc) is 2.87. The number of rotatable bonds is 10. The third-order valence-corrected chi connectivity index (χ3v) is 6.84. The lowest BCUT2D eigenvalue weighted by molar-refractivity contribution is 0.00519. The molecule has 0 amide bonds. The summed E-state index contributed by atoms with van der Waals surface area (Å²) in [4.78, 5) is 8.89. The third-order valence-electron chi connectivity index (χ3n) is 6.84. The number of nitrogens with zero attached hydrogens (tertiary/aromatic N) is 3. The number of fused-ring (bicyclic) bond motifs is 1. The molecule has 0 saturated heterocycles. The van der Waals surface area contributed by atoms with E-state index in [0.29, 0.717) is 24.3 Å². The van der Waals surface area contributed by atoms with E-state index in [9.17, 15) is 5.11 Å². The van der Waals surface area contributed by atoms with Crippen LogP contribution in [0.1, 0.15) is 34.6 Å². The van der Waals surface area contributed by atoms with Crippen molar-refractivity contribution < 1.29 is 9.84 Å². The summed E-state index contributed by atoms with van der Waals surface area (Å²) < 4.78 is 5.80. The standard InChI is InChI=1S/C31H36BN3O2/c1-34(2)16-15-31(36,28-19-25(32)18-24-13-9-10-14-26(24)28)29(23-11-7-6-8-12-23)27-17-22(21-35(3)4)20-33-30(27)37-5/h6-14,17-20,29,36H,15-16,21H2,1-5H3. The van der Waals surface area contributed by atoms with Gasteiger partial charge in [0.15, 0.2) is 0 Å². The van der Waals surface area contributed by atoms with Crippen molar-refractivity contribution in [2.45, 2.75) is 24.5 Å². The summed E-state index contributed by atoms with van der Waals surface area (Å²) in [6, 6.07) is 24.3. The summed E-state index contributed by atoms with van der Waals surface area (Å²) >= 11 is 0. The Bertz CT molecular complexity index is 1340. The molecule has 1 heterocycles. The summed E-state index contributed by atoms with van der Waals surface area (Å²) in [6.07, 6.45) is 2.33. The molecule has 0 bridgehead atoms. The smallest absolute Gasteiger partial charge is 0.216 e. The van der Waals surface area contributed by atoms with Gasteiger partial charge in [0.2, 0.25) is 5.88 Å². The van der Waals surface area contributed by atoms with E-state index in [1.807, 2.05) is 82.9 Å². The van der Waals surface area contributed by atoms with E-state index in [2.05, 4.69) is 39.0 Å². The van der Waals surface area contributed by atoms with Crippen LogP contribution in [0, 0.1) is 0 Å². The second-order valence-electron chi connectivity index (χ2n) is 10.3. The van der Waals surface area contributed by atoms with Gasteiger partial charge >= 0.3 is 0 Å². The lowest BCUT2D eigenvalue weighted by atomic mass is 9.69. The highest BCUT2D eigenvalue weighted by molar-refractivity contribution is 6.33. The lowest BCUT2D eigenvalue weighted by Gasteiger charge is -2.40. The van der Waals surface area contributed by atoms with Crippen LogP contribution in [0.15, 0.2) is 79.0 Å². The predicted molar refractivity (Wildman–Crippen MR) is 153 cm³/mol. The van der Waals surface area contributed by atoms with Gasteiger partial charge in [-0.3, -0.25) is 0 Å². The minimum Gasteiger partial charge on any atom is -0.481 e. The average molecular weight is 493 g/mol. The molecule has 2 unspecified atom stereocenters. The Morgan fingerprint density at radius 2 is 1.65 bits per heavy atom. The molecule has 5 nitrogen and oxygen atoms in total. The van der Waals surface area contributed by atoms with Gasteiger partial charge < -0.3 is 19.6 Å². The van der Waals surface area contributed by atoms with Gasteiger partial charge in [-0.2, -0.15) is 0 Å². The number of aromatic nitrogens is 1. The van der Waals surface area contributed by atoms with Crippen LogP contribution in [0.5, 0.6) is 5.88 Å². The SMILES string of the molecule is [B]c1cc(C(O)(CCN(C)C)C(c2ccccc2)c2cc(CN(C)C)cnc2OC)c2ccccc2c1. The Balaban J connectivity index is 2.05. The van der Waals surface area contributed by atoms with Crippen molar-refractivity contribution in [3.05, 3.63) is 101 Å². The van der Waals surface area contributed by atoms with Gasteiger partial charge in [0, 0.05) is 30.8 Å². The Morgan fingerprint density at radius 1 is 0.946 bits per heavy atom. The second-order valence-corrected chi connectivity index (χ2v) is 10.3. The molecule has 0 spiro atoms. The van der Waals surface area contributed by atoms with Crippen LogP contribution in [0.4, 0.5) is 0 Å². The first-order chi connectivity index (χ1) is 17.7. The second kappa shape index (κ2) is 11.5. The minimum absolute atomic E-state index is 0.455. The summed E-state index contributed by atoms with van der Waals surface area (Å²) in [7, 11) is 16.2. The van der Waals surface area contributed by atoms with E-state index in [-0.39, 0.29) is 0 Å². The first-order valence-corrected chi connectivity index (χ1v) is 12.6. The van der Waals surface area contributed by atoms with Crippen LogP contribution in [0.2, 0.25) is 0 Å². The molecule has 0 saturated carbocycles. The Kier molecular flexibility index (Phi) is 8.33. The molecule has 2 radical (unpaired) electrons. The van der Waals surface area contributed by atoms with Crippen molar-refractivity contribution in [3.63, 3.8) is 0 Å². The van der Waals surface area contributed by atoms with E-state index in [1.54, 1.807) is 7.11 Å². The number of methoxy groups -OCH3 is 1. The molecule has 6 heteroatoms. The van der Waals surface area contributed by atoms with E-state index in [0.717, 1.165) is 39.6 Å². The van der Waals surface area contributed by atoms with Crippen LogP contribution in [0.25, 0.3) is 10.8 Å². The lowest BCUT2D eigenvalue weighted by Crippen LogP contribution is -2.38. The number of aliphatic hydroxyl groups is 1. The third kappa shape index (κ3) is 5.88. The fraction of sp³-hybridized carbons (Fsp3) is 0.323. The maximum absolute atomic E-state index is 13.0. The molecule has 0 aliphatic heterocycles. The van der Waals surface area contributed by atoms with Crippen molar-refractivity contribution in [2.24, 2.45) is 0 Å². The molecule has 0 fully saturated rings. The number of benzene rings is 3. The fourth-order valence-corrected chi connectivity index (χ4v) is 5.22. The summed E-state index contributed by atoms with van der Waals surface area (Å²) in [5, 5.41) is 15.0. The number of ether oxygens (including phenoxy) is 1. The van der Waals surface area contributed by atoms with Gasteiger partial charge in [-0.1, -0.05) is 72.2 Å². The van der Waals surface area contributed by atoms with E-state index < -0.39 is 11.5 Å². The molecule has 2 atom stereocenters. The molecule has 3 aromatic carbocycles. The molecule has 0 aliphatic carbocycles. The zero-order valence-electron chi connectivity index (χ0n) is 22.5. The zero-order chi connectivity index (χ0) is 26.6. The molecular weight excluding hydrogens is 457 g/mol. The number of hydrogen-bond acceptors (Lipinski definition) is 5. The maximum Gasteiger partial charge on any atom is 0.216 e. The molecule has 0 aliphatic rings. The monoisotopic (exact) mass is 493 g/mol. The van der Waals surface area contributed by atoms with Gasteiger partial charge in [0.1, 0.15) is 13.4 Å². The van der Waals surface area contributed by atoms with E-state index in [4.69, 9.17) is 12.6 Å². The molecule has 1 N–H and O–H groups in total. The van der Waals surface area contributed by atoms with Crippen molar-refractivity contribution >= 4 is 24.1 Å². The Labute approximate surface area is 222 Å². The first-order valence-electron chi connectivity index (χ1n) is 12.6. The van der Waals surface area contributed by atoms with E-state index in [1.165, 1.54) is 0 Å². The summed E-state index contributed by atoms with van der Waals surface area (Å²) in [6.45, 7) is 1.40. The van der Waals surface area contributed by atoms with Crippen molar-refractivity contribution in [3.8, 4) is 5.88 Å². The Hall–Kier alpha value is -3.19. The van der Waals surface area contributed by atoms with E-state index >= 15 is 0 Å².